The first kappa shape index (κ1) is 22.6. The summed E-state index contributed by atoms with van der Waals surface area (Å²) in [5.41, 5.74) is 0.689. The Morgan fingerprint density at radius 2 is 1.67 bits per heavy atom. The second-order valence-electron chi connectivity index (χ2n) is 9.31. The van der Waals surface area contributed by atoms with Crippen molar-refractivity contribution in [3.8, 4) is 5.75 Å². The average Bonchev–Trinajstić information content (AvgIpc) is 3.57. The fourth-order valence-corrected chi connectivity index (χ4v) is 4.63. The number of hydrogen-bond donors (Lipinski definition) is 0. The van der Waals surface area contributed by atoms with Gasteiger partial charge in [-0.25, -0.2) is 0 Å². The Morgan fingerprint density at radius 1 is 1.07 bits per heavy atom. The van der Waals surface area contributed by atoms with Crippen LogP contribution in [0.2, 0.25) is 0 Å². The summed E-state index contributed by atoms with van der Waals surface area (Å²) in [4.78, 5) is 29.9. The highest BCUT2D eigenvalue weighted by atomic mass is 16.5. The van der Waals surface area contributed by atoms with Crippen LogP contribution in [0.1, 0.15) is 83.5 Å². The minimum absolute atomic E-state index is 0.0390. The largest absolute Gasteiger partial charge is 0.484 e. The second-order valence-corrected chi connectivity index (χ2v) is 9.31. The molecule has 0 radical (unpaired) electrons. The zero-order valence-electron chi connectivity index (χ0n) is 19.3. The number of carbonyl (C=O) groups is 2. The van der Waals surface area contributed by atoms with Gasteiger partial charge in [-0.2, -0.15) is 0 Å². The second kappa shape index (κ2) is 9.84. The normalized spacial score (nSPS) is 23.6. The fourth-order valence-electron chi connectivity index (χ4n) is 4.63. The van der Waals surface area contributed by atoms with Crippen molar-refractivity contribution in [3.63, 3.8) is 0 Å². The van der Waals surface area contributed by atoms with E-state index in [4.69, 9.17) is 4.74 Å². The standard InChI is InChI=1S/C25H38N2O3/c1-6-17(2)20(5)27(22-12-13-22)25(29)21-10-14-23(15-11-21)30-16-24(28)26-18(3)8-7-9-19(26)4/h10-11,14-15,17-20,22H,6-9,12-13,16H2,1-5H3. The third kappa shape index (κ3) is 5.16. The highest BCUT2D eigenvalue weighted by Gasteiger charge is 2.37. The van der Waals surface area contributed by atoms with Crippen LogP contribution < -0.4 is 4.74 Å². The van der Waals surface area contributed by atoms with Gasteiger partial charge in [-0.1, -0.05) is 20.3 Å². The van der Waals surface area contributed by atoms with Crippen molar-refractivity contribution in [2.75, 3.05) is 6.61 Å². The van der Waals surface area contributed by atoms with Crippen LogP contribution in [0.5, 0.6) is 5.75 Å². The van der Waals surface area contributed by atoms with Gasteiger partial charge >= 0.3 is 0 Å². The van der Waals surface area contributed by atoms with Crippen molar-refractivity contribution in [2.24, 2.45) is 5.92 Å². The van der Waals surface area contributed by atoms with E-state index in [1.54, 1.807) is 0 Å². The van der Waals surface area contributed by atoms with Crippen molar-refractivity contribution >= 4 is 11.8 Å². The lowest BCUT2D eigenvalue weighted by Gasteiger charge is -2.39. The van der Waals surface area contributed by atoms with Crippen LogP contribution in [-0.2, 0) is 4.79 Å². The maximum atomic E-state index is 13.2. The quantitative estimate of drug-likeness (QED) is 0.608. The molecule has 1 aliphatic heterocycles. The Hall–Kier alpha value is -2.04. The number of piperidine rings is 1. The van der Waals surface area contributed by atoms with Gasteiger partial charge in [0.2, 0.25) is 0 Å². The van der Waals surface area contributed by atoms with Crippen LogP contribution in [0.3, 0.4) is 0 Å². The van der Waals surface area contributed by atoms with Crippen LogP contribution in [0, 0.1) is 5.92 Å². The van der Waals surface area contributed by atoms with E-state index in [-0.39, 0.29) is 36.5 Å². The van der Waals surface area contributed by atoms with E-state index in [1.165, 1.54) is 6.42 Å². The Kier molecular flexibility index (Phi) is 7.43. The Bertz CT molecular complexity index is 718. The minimum Gasteiger partial charge on any atom is -0.484 e. The molecular weight excluding hydrogens is 376 g/mol. The van der Waals surface area contributed by atoms with E-state index in [9.17, 15) is 9.59 Å². The molecule has 0 bridgehead atoms. The molecule has 0 spiro atoms. The highest BCUT2D eigenvalue weighted by molar-refractivity contribution is 5.95. The third-order valence-electron chi connectivity index (χ3n) is 7.03. The SMILES string of the molecule is CCC(C)C(C)N(C(=O)c1ccc(OCC(=O)N2C(C)CCCC2C)cc1)C1CC1. The monoisotopic (exact) mass is 414 g/mol. The Balaban J connectivity index is 1.60. The fraction of sp³-hybridized carbons (Fsp3) is 0.680. The molecule has 1 saturated heterocycles. The summed E-state index contributed by atoms with van der Waals surface area (Å²) < 4.78 is 5.76. The number of rotatable bonds is 8. The smallest absolute Gasteiger partial charge is 0.260 e. The van der Waals surface area contributed by atoms with E-state index in [0.717, 1.165) is 32.1 Å². The summed E-state index contributed by atoms with van der Waals surface area (Å²) in [7, 11) is 0. The zero-order valence-corrected chi connectivity index (χ0v) is 19.3. The van der Waals surface area contributed by atoms with Crippen molar-refractivity contribution in [3.05, 3.63) is 29.8 Å². The number of likely N-dealkylation sites (tertiary alicyclic amines) is 1. The molecule has 1 aliphatic carbocycles. The molecule has 2 amide bonds. The van der Waals surface area contributed by atoms with E-state index >= 15 is 0 Å². The summed E-state index contributed by atoms with van der Waals surface area (Å²) in [5.74, 6) is 1.24. The first-order valence-electron chi connectivity index (χ1n) is 11.7. The van der Waals surface area contributed by atoms with Gasteiger partial charge in [-0.15, -0.1) is 0 Å². The molecule has 2 fully saturated rings. The van der Waals surface area contributed by atoms with Crippen molar-refractivity contribution in [2.45, 2.75) is 97.3 Å². The molecule has 30 heavy (non-hydrogen) atoms. The molecule has 5 nitrogen and oxygen atoms in total. The molecule has 1 heterocycles. The van der Waals surface area contributed by atoms with Crippen molar-refractivity contribution in [1.82, 2.24) is 9.80 Å². The maximum Gasteiger partial charge on any atom is 0.260 e. The Labute approximate surface area is 181 Å². The van der Waals surface area contributed by atoms with Crippen molar-refractivity contribution in [1.29, 1.82) is 0 Å². The van der Waals surface area contributed by atoms with Crippen LogP contribution >= 0.6 is 0 Å². The Morgan fingerprint density at radius 3 is 2.20 bits per heavy atom. The first-order chi connectivity index (χ1) is 14.3. The number of amides is 2. The van der Waals surface area contributed by atoms with Crippen LogP contribution in [0.4, 0.5) is 0 Å². The molecule has 4 unspecified atom stereocenters. The molecule has 2 aliphatic rings. The molecule has 3 rings (SSSR count). The van der Waals surface area contributed by atoms with Crippen LogP contribution in [-0.4, -0.2) is 52.4 Å². The lowest BCUT2D eigenvalue weighted by Crippen LogP contribution is -2.49. The van der Waals surface area contributed by atoms with Crippen LogP contribution in [0.15, 0.2) is 24.3 Å². The van der Waals surface area contributed by atoms with Crippen molar-refractivity contribution < 1.29 is 14.3 Å². The van der Waals surface area contributed by atoms with E-state index < -0.39 is 0 Å². The summed E-state index contributed by atoms with van der Waals surface area (Å²) in [6, 6.07) is 8.42. The topological polar surface area (TPSA) is 49.9 Å². The van der Waals surface area contributed by atoms with Gasteiger partial charge in [0.25, 0.3) is 11.8 Å². The molecule has 0 N–H and O–H groups in total. The van der Waals surface area contributed by atoms with E-state index in [2.05, 4.69) is 39.5 Å². The number of carbonyl (C=O) groups excluding carboxylic acids is 2. The van der Waals surface area contributed by atoms with Gasteiger partial charge in [-0.05, 0) is 83.1 Å². The van der Waals surface area contributed by atoms with Gasteiger partial charge in [0.1, 0.15) is 5.75 Å². The maximum absolute atomic E-state index is 13.2. The zero-order chi connectivity index (χ0) is 21.8. The summed E-state index contributed by atoms with van der Waals surface area (Å²) in [6.45, 7) is 10.8. The molecule has 1 aromatic rings. The van der Waals surface area contributed by atoms with E-state index in [1.807, 2.05) is 29.2 Å². The molecular formula is C25H38N2O3. The molecule has 1 saturated carbocycles. The summed E-state index contributed by atoms with van der Waals surface area (Å²) >= 11 is 0. The molecule has 166 valence electrons. The third-order valence-corrected chi connectivity index (χ3v) is 7.03. The van der Waals surface area contributed by atoms with Gasteiger partial charge in [0.15, 0.2) is 6.61 Å². The van der Waals surface area contributed by atoms with Crippen LogP contribution in [0.25, 0.3) is 0 Å². The highest BCUT2D eigenvalue weighted by Crippen LogP contribution is 2.33. The first-order valence-corrected chi connectivity index (χ1v) is 11.7. The molecule has 0 aromatic heterocycles. The number of nitrogens with zero attached hydrogens (tertiary/aromatic N) is 2. The number of hydrogen-bond acceptors (Lipinski definition) is 3. The average molecular weight is 415 g/mol. The molecule has 4 atom stereocenters. The lowest BCUT2D eigenvalue weighted by atomic mass is 9.97. The minimum atomic E-state index is 0.0390. The summed E-state index contributed by atoms with van der Waals surface area (Å²) in [6.07, 6.45) is 6.55. The molecule has 1 aromatic carbocycles. The van der Waals surface area contributed by atoms with Gasteiger partial charge in [0, 0.05) is 29.7 Å². The van der Waals surface area contributed by atoms with Gasteiger partial charge in [0.05, 0.1) is 0 Å². The number of ether oxygens (including phenoxy) is 1. The van der Waals surface area contributed by atoms with E-state index in [0.29, 0.717) is 23.3 Å². The predicted octanol–water partition coefficient (Wildman–Crippen LogP) is 4.89. The molecule has 5 heteroatoms. The predicted molar refractivity (Wildman–Crippen MR) is 120 cm³/mol. The summed E-state index contributed by atoms with van der Waals surface area (Å²) in [5, 5.41) is 0. The van der Waals surface area contributed by atoms with Gasteiger partial charge < -0.3 is 14.5 Å². The lowest BCUT2D eigenvalue weighted by molar-refractivity contribution is -0.139. The van der Waals surface area contributed by atoms with Gasteiger partial charge in [-0.3, -0.25) is 9.59 Å². The number of benzene rings is 1.